The first kappa shape index (κ1) is 18.4. The molecule has 0 bridgehead atoms. The number of aliphatic imine (C=N–C) groups is 1. The monoisotopic (exact) mass is 360 g/mol. The second-order valence-electron chi connectivity index (χ2n) is 6.42. The van der Waals surface area contributed by atoms with Gasteiger partial charge >= 0.3 is 0 Å². The van der Waals surface area contributed by atoms with Crippen molar-refractivity contribution in [2.24, 2.45) is 4.99 Å². The van der Waals surface area contributed by atoms with Crippen LogP contribution < -0.4 is 10.6 Å². The summed E-state index contributed by atoms with van der Waals surface area (Å²) in [4.78, 5) is 8.62. The van der Waals surface area contributed by atoms with Gasteiger partial charge in [-0.25, -0.2) is 4.98 Å². The van der Waals surface area contributed by atoms with E-state index in [4.69, 9.17) is 9.15 Å². The number of nitrogens with zero attached hydrogens (tertiary/aromatic N) is 3. The number of guanidine groups is 1. The van der Waals surface area contributed by atoms with Gasteiger partial charge in [-0.1, -0.05) is 19.3 Å². The van der Waals surface area contributed by atoms with Gasteiger partial charge in [0.2, 0.25) is 5.82 Å². The third-order valence-corrected chi connectivity index (χ3v) is 4.44. The number of hydrogen-bond donors (Lipinski definition) is 3. The summed E-state index contributed by atoms with van der Waals surface area (Å²) < 4.78 is 11.2. The van der Waals surface area contributed by atoms with Gasteiger partial charge in [0.15, 0.2) is 11.7 Å². The molecule has 0 amide bonds. The molecule has 0 atom stereocenters. The van der Waals surface area contributed by atoms with Crippen LogP contribution in [0.15, 0.2) is 27.8 Å². The van der Waals surface area contributed by atoms with Crippen molar-refractivity contribution < 1.29 is 9.15 Å². The lowest BCUT2D eigenvalue weighted by Gasteiger charge is -2.22. The van der Waals surface area contributed by atoms with E-state index in [9.17, 15) is 0 Å². The van der Waals surface area contributed by atoms with Crippen LogP contribution in [0, 0.1) is 0 Å². The van der Waals surface area contributed by atoms with Crippen molar-refractivity contribution in [3.05, 3.63) is 24.2 Å². The predicted octanol–water partition coefficient (Wildman–Crippen LogP) is 2.47. The number of aromatic nitrogens is 3. The predicted molar refractivity (Wildman–Crippen MR) is 99.7 cm³/mol. The van der Waals surface area contributed by atoms with Crippen LogP contribution in [0.5, 0.6) is 0 Å². The number of H-pyrrole nitrogens is 1. The van der Waals surface area contributed by atoms with Gasteiger partial charge < -0.3 is 19.8 Å². The molecule has 8 nitrogen and oxygen atoms in total. The Labute approximate surface area is 153 Å². The Kier molecular flexibility index (Phi) is 7.06. The van der Waals surface area contributed by atoms with Crippen LogP contribution in [-0.4, -0.2) is 47.4 Å². The molecule has 0 unspecified atom stereocenters. The molecule has 3 N–H and O–H groups in total. The standard InChI is InChI=1S/C18H28N6O2/c1-19-18(20-10-6-12-25-14-7-3-2-4-8-14)21-13-16-22-17(24-23-16)15-9-5-11-26-15/h5,9,11,14H,2-4,6-8,10,12-13H2,1H3,(H2,19,20,21)(H,22,23,24). The molecule has 0 aromatic carbocycles. The molecule has 0 saturated heterocycles. The number of furan rings is 1. The summed E-state index contributed by atoms with van der Waals surface area (Å²) in [6.45, 7) is 2.12. The maximum Gasteiger partial charge on any atom is 0.216 e. The van der Waals surface area contributed by atoms with Crippen LogP contribution in [0.25, 0.3) is 11.6 Å². The van der Waals surface area contributed by atoms with Crippen molar-refractivity contribution in [1.82, 2.24) is 25.8 Å². The fourth-order valence-corrected chi connectivity index (χ4v) is 3.04. The first-order valence-corrected chi connectivity index (χ1v) is 9.36. The highest BCUT2D eigenvalue weighted by Crippen LogP contribution is 2.20. The molecule has 26 heavy (non-hydrogen) atoms. The zero-order valence-electron chi connectivity index (χ0n) is 15.3. The molecule has 1 saturated carbocycles. The molecule has 1 aliphatic rings. The van der Waals surface area contributed by atoms with Gasteiger partial charge in [0.25, 0.3) is 0 Å². The average Bonchev–Trinajstić information content (AvgIpc) is 3.36. The lowest BCUT2D eigenvalue weighted by Crippen LogP contribution is -2.38. The van der Waals surface area contributed by atoms with Crippen molar-refractivity contribution >= 4 is 5.96 Å². The Balaban J connectivity index is 1.32. The summed E-state index contributed by atoms with van der Waals surface area (Å²) in [5.41, 5.74) is 0. The van der Waals surface area contributed by atoms with Crippen LogP contribution in [0.4, 0.5) is 0 Å². The van der Waals surface area contributed by atoms with E-state index in [1.807, 2.05) is 12.1 Å². The summed E-state index contributed by atoms with van der Waals surface area (Å²) >= 11 is 0. The maximum atomic E-state index is 5.93. The Morgan fingerprint density at radius 1 is 1.35 bits per heavy atom. The largest absolute Gasteiger partial charge is 0.461 e. The summed E-state index contributed by atoms with van der Waals surface area (Å²) in [6, 6.07) is 3.64. The molecule has 142 valence electrons. The number of nitrogens with one attached hydrogen (secondary N) is 3. The van der Waals surface area contributed by atoms with E-state index in [0.29, 0.717) is 24.2 Å². The minimum Gasteiger partial charge on any atom is -0.461 e. The van der Waals surface area contributed by atoms with E-state index in [1.165, 1.54) is 32.1 Å². The second kappa shape index (κ2) is 9.96. The summed E-state index contributed by atoms with van der Waals surface area (Å²) in [5, 5.41) is 13.6. The number of aromatic amines is 1. The van der Waals surface area contributed by atoms with Crippen LogP contribution in [-0.2, 0) is 11.3 Å². The zero-order valence-corrected chi connectivity index (χ0v) is 15.3. The molecule has 2 heterocycles. The Hall–Kier alpha value is -2.35. The van der Waals surface area contributed by atoms with Gasteiger partial charge in [-0.3, -0.25) is 10.1 Å². The molecule has 2 aromatic heterocycles. The highest BCUT2D eigenvalue weighted by atomic mass is 16.5. The van der Waals surface area contributed by atoms with Crippen molar-refractivity contribution in [1.29, 1.82) is 0 Å². The van der Waals surface area contributed by atoms with E-state index in [-0.39, 0.29) is 0 Å². The highest BCUT2D eigenvalue weighted by Gasteiger charge is 2.13. The fraction of sp³-hybridized carbons (Fsp3) is 0.611. The first-order valence-electron chi connectivity index (χ1n) is 9.36. The Morgan fingerprint density at radius 3 is 3.00 bits per heavy atom. The lowest BCUT2D eigenvalue weighted by atomic mass is 9.98. The normalized spacial score (nSPS) is 16.0. The van der Waals surface area contributed by atoms with Crippen molar-refractivity contribution in [3.63, 3.8) is 0 Å². The third-order valence-electron chi connectivity index (χ3n) is 4.44. The lowest BCUT2D eigenvalue weighted by molar-refractivity contribution is 0.0277. The molecule has 8 heteroatoms. The topological polar surface area (TPSA) is 100 Å². The number of hydrogen-bond acceptors (Lipinski definition) is 5. The summed E-state index contributed by atoms with van der Waals surface area (Å²) in [6.07, 6.45) is 9.44. The SMILES string of the molecule is CN=C(NCCCOC1CCCCC1)NCc1nc(-c2ccco2)n[nH]1. The minimum atomic E-state index is 0.469. The molecule has 0 aliphatic heterocycles. The molecule has 0 spiro atoms. The van der Waals surface area contributed by atoms with Gasteiger partial charge in [0.1, 0.15) is 5.82 Å². The quantitative estimate of drug-likeness (QED) is 0.380. The molecular formula is C18H28N6O2. The minimum absolute atomic E-state index is 0.469. The molecular weight excluding hydrogens is 332 g/mol. The smallest absolute Gasteiger partial charge is 0.216 e. The van der Waals surface area contributed by atoms with Gasteiger partial charge in [-0.2, -0.15) is 0 Å². The van der Waals surface area contributed by atoms with Gasteiger partial charge in [0, 0.05) is 20.2 Å². The van der Waals surface area contributed by atoms with Crippen LogP contribution >= 0.6 is 0 Å². The Bertz CT molecular complexity index is 661. The molecule has 1 aliphatic carbocycles. The first-order chi connectivity index (χ1) is 12.8. The number of ether oxygens (including phenoxy) is 1. The van der Waals surface area contributed by atoms with Gasteiger partial charge in [-0.05, 0) is 31.4 Å². The number of rotatable bonds is 8. The van der Waals surface area contributed by atoms with Crippen molar-refractivity contribution in [2.75, 3.05) is 20.2 Å². The molecule has 2 aromatic rings. The molecule has 1 fully saturated rings. The van der Waals surface area contributed by atoms with Gasteiger partial charge in [-0.15, -0.1) is 5.10 Å². The van der Waals surface area contributed by atoms with Gasteiger partial charge in [0.05, 0.1) is 18.9 Å². The third kappa shape index (κ3) is 5.59. The van der Waals surface area contributed by atoms with E-state index in [0.717, 1.165) is 31.4 Å². The molecule has 3 rings (SSSR count). The van der Waals surface area contributed by atoms with E-state index < -0.39 is 0 Å². The highest BCUT2D eigenvalue weighted by molar-refractivity contribution is 5.79. The fourth-order valence-electron chi connectivity index (χ4n) is 3.04. The van der Waals surface area contributed by atoms with Crippen molar-refractivity contribution in [2.45, 2.75) is 51.2 Å². The average molecular weight is 360 g/mol. The zero-order chi connectivity index (χ0) is 18.0. The van der Waals surface area contributed by atoms with Crippen molar-refractivity contribution in [3.8, 4) is 11.6 Å². The summed E-state index contributed by atoms with van der Waals surface area (Å²) in [5.74, 6) is 2.65. The Morgan fingerprint density at radius 2 is 2.23 bits per heavy atom. The van der Waals surface area contributed by atoms with E-state index in [2.05, 4.69) is 30.8 Å². The maximum absolute atomic E-state index is 5.93. The van der Waals surface area contributed by atoms with Crippen LogP contribution in [0.2, 0.25) is 0 Å². The second-order valence-corrected chi connectivity index (χ2v) is 6.42. The molecule has 0 radical (unpaired) electrons. The van der Waals surface area contributed by atoms with E-state index >= 15 is 0 Å². The van der Waals surface area contributed by atoms with Crippen LogP contribution in [0.1, 0.15) is 44.3 Å². The van der Waals surface area contributed by atoms with Crippen LogP contribution in [0.3, 0.4) is 0 Å². The van der Waals surface area contributed by atoms with E-state index in [1.54, 1.807) is 13.3 Å². The summed E-state index contributed by atoms with van der Waals surface area (Å²) in [7, 11) is 1.75.